The average molecular weight is 379 g/mol. The Kier molecular flexibility index (Phi) is 4.97. The minimum atomic E-state index is -0.828. The van der Waals surface area contributed by atoms with Crippen LogP contribution in [0.4, 0.5) is 5.69 Å². The number of carboxylic acid groups (broad SMARTS) is 1. The Hall–Kier alpha value is -2.08. The third-order valence-corrected chi connectivity index (χ3v) is 5.90. The number of likely N-dealkylation sites (tertiary alicyclic amines) is 1. The van der Waals surface area contributed by atoms with Gasteiger partial charge in [0, 0.05) is 24.7 Å². The first-order valence-corrected chi connectivity index (χ1v) is 9.25. The van der Waals surface area contributed by atoms with E-state index in [1.165, 1.54) is 0 Å². The molecule has 2 N–H and O–H groups in total. The molecule has 2 amide bonds. The summed E-state index contributed by atoms with van der Waals surface area (Å²) >= 11 is 6.21. The topological polar surface area (TPSA) is 86.7 Å². The smallest absolute Gasteiger partial charge is 0.311 e. The summed E-state index contributed by atoms with van der Waals surface area (Å²) in [5.41, 5.74) is -0.0384. The van der Waals surface area contributed by atoms with Crippen molar-refractivity contribution in [2.45, 2.75) is 33.1 Å². The molecule has 1 aliphatic heterocycles. The summed E-state index contributed by atoms with van der Waals surface area (Å²) < 4.78 is 0. The normalized spacial score (nSPS) is 24.6. The van der Waals surface area contributed by atoms with Gasteiger partial charge in [-0.05, 0) is 37.0 Å². The molecule has 2 fully saturated rings. The summed E-state index contributed by atoms with van der Waals surface area (Å²) in [7, 11) is 0. The summed E-state index contributed by atoms with van der Waals surface area (Å²) in [4.78, 5) is 38.2. The zero-order valence-corrected chi connectivity index (χ0v) is 15.7. The lowest BCUT2D eigenvalue weighted by molar-refractivity contribution is -0.149. The van der Waals surface area contributed by atoms with Gasteiger partial charge in [0.2, 0.25) is 5.91 Å². The van der Waals surface area contributed by atoms with E-state index in [1.54, 1.807) is 36.9 Å². The maximum atomic E-state index is 13.0. The van der Waals surface area contributed by atoms with Gasteiger partial charge in [0.25, 0.3) is 5.91 Å². The van der Waals surface area contributed by atoms with Crippen molar-refractivity contribution in [1.29, 1.82) is 0 Å². The summed E-state index contributed by atoms with van der Waals surface area (Å²) in [6, 6.07) is 4.79. The van der Waals surface area contributed by atoms with Gasteiger partial charge in [-0.25, -0.2) is 0 Å². The molecule has 1 aromatic carbocycles. The Morgan fingerprint density at radius 3 is 2.69 bits per heavy atom. The molecule has 7 heteroatoms. The van der Waals surface area contributed by atoms with Crippen LogP contribution in [0.1, 0.15) is 43.5 Å². The van der Waals surface area contributed by atoms with Gasteiger partial charge in [0.1, 0.15) is 0 Å². The van der Waals surface area contributed by atoms with Gasteiger partial charge < -0.3 is 15.3 Å². The number of nitrogens with one attached hydrogen (secondary N) is 1. The Labute approximate surface area is 157 Å². The number of nitrogens with zero attached hydrogens (tertiary/aromatic N) is 1. The predicted molar refractivity (Wildman–Crippen MR) is 98.2 cm³/mol. The van der Waals surface area contributed by atoms with Crippen molar-refractivity contribution in [3.8, 4) is 0 Å². The Balaban J connectivity index is 1.82. The Bertz CT molecular complexity index is 764. The number of aliphatic carboxylic acids is 1. The average Bonchev–Trinajstić information content (AvgIpc) is 3.14. The molecule has 0 aromatic heterocycles. The molecule has 0 bridgehead atoms. The Morgan fingerprint density at radius 1 is 1.35 bits per heavy atom. The van der Waals surface area contributed by atoms with E-state index in [-0.39, 0.29) is 35.8 Å². The second-order valence-corrected chi connectivity index (χ2v) is 7.98. The number of amides is 2. The monoisotopic (exact) mass is 378 g/mol. The van der Waals surface area contributed by atoms with Gasteiger partial charge in [0.05, 0.1) is 16.0 Å². The highest BCUT2D eigenvalue weighted by Gasteiger charge is 2.55. The maximum Gasteiger partial charge on any atom is 0.311 e. The minimum Gasteiger partial charge on any atom is -0.481 e. The number of carbonyl (C=O) groups is 3. The Morgan fingerprint density at radius 2 is 2.08 bits per heavy atom. The first kappa shape index (κ1) is 18.7. The molecule has 140 valence electrons. The van der Waals surface area contributed by atoms with Gasteiger partial charge in [-0.2, -0.15) is 0 Å². The van der Waals surface area contributed by atoms with Crippen LogP contribution in [0.3, 0.4) is 0 Å². The third kappa shape index (κ3) is 3.18. The van der Waals surface area contributed by atoms with Crippen molar-refractivity contribution in [1.82, 2.24) is 4.90 Å². The standard InChI is InChI=1S/C19H23ClN2O4/c1-11(2)16(23)21-13-5-6-15(20)14(8-13)17(24)22-9-12-4-3-7-19(12,10-22)18(25)26/h5-6,8,11-12H,3-4,7,9-10H2,1-2H3,(H,21,23)(H,25,26)/t12-,19+/m0/s1. The molecule has 0 radical (unpaired) electrons. The van der Waals surface area contributed by atoms with Gasteiger partial charge in [-0.3, -0.25) is 14.4 Å². The minimum absolute atomic E-state index is 0.00782. The molecule has 2 atom stereocenters. The number of rotatable bonds is 4. The molecule has 1 saturated carbocycles. The molecular weight excluding hydrogens is 356 g/mol. The van der Waals surface area contributed by atoms with Crippen LogP contribution in [0.5, 0.6) is 0 Å². The van der Waals surface area contributed by atoms with Crippen LogP contribution in [0.2, 0.25) is 5.02 Å². The quantitative estimate of drug-likeness (QED) is 0.841. The number of fused-ring (bicyclic) bond motifs is 1. The summed E-state index contributed by atoms with van der Waals surface area (Å²) in [6.07, 6.45) is 2.32. The molecular formula is C19H23ClN2O4. The number of halogens is 1. The number of benzene rings is 1. The molecule has 0 spiro atoms. The van der Waals surface area contributed by atoms with E-state index in [0.717, 1.165) is 12.8 Å². The van der Waals surface area contributed by atoms with E-state index in [0.29, 0.717) is 23.7 Å². The molecule has 1 heterocycles. The van der Waals surface area contributed by atoms with Crippen LogP contribution in [0.25, 0.3) is 0 Å². The molecule has 0 unspecified atom stereocenters. The van der Waals surface area contributed by atoms with Crippen molar-refractivity contribution in [3.63, 3.8) is 0 Å². The first-order chi connectivity index (χ1) is 12.2. The van der Waals surface area contributed by atoms with Crippen molar-refractivity contribution < 1.29 is 19.5 Å². The van der Waals surface area contributed by atoms with Crippen LogP contribution in [0, 0.1) is 17.3 Å². The summed E-state index contributed by atoms with van der Waals surface area (Å²) in [5.74, 6) is -1.44. The van der Waals surface area contributed by atoms with Gasteiger partial charge in [0.15, 0.2) is 0 Å². The van der Waals surface area contributed by atoms with Crippen LogP contribution in [-0.4, -0.2) is 40.9 Å². The molecule has 26 heavy (non-hydrogen) atoms. The molecule has 2 aliphatic rings. The van der Waals surface area contributed by atoms with E-state index >= 15 is 0 Å². The molecule has 3 rings (SSSR count). The van der Waals surface area contributed by atoms with Gasteiger partial charge in [-0.1, -0.05) is 31.9 Å². The van der Waals surface area contributed by atoms with Gasteiger partial charge >= 0.3 is 5.97 Å². The molecule has 6 nitrogen and oxygen atoms in total. The third-order valence-electron chi connectivity index (χ3n) is 5.57. The van der Waals surface area contributed by atoms with Crippen molar-refractivity contribution >= 4 is 35.1 Å². The fourth-order valence-electron chi connectivity index (χ4n) is 4.02. The highest BCUT2D eigenvalue weighted by Crippen LogP contribution is 2.49. The lowest BCUT2D eigenvalue weighted by atomic mass is 9.81. The second kappa shape index (κ2) is 6.91. The van der Waals surface area contributed by atoms with E-state index < -0.39 is 11.4 Å². The molecule has 1 saturated heterocycles. The van der Waals surface area contributed by atoms with E-state index in [1.807, 2.05) is 0 Å². The van der Waals surface area contributed by atoms with E-state index in [2.05, 4.69) is 5.32 Å². The van der Waals surface area contributed by atoms with Gasteiger partial charge in [-0.15, -0.1) is 0 Å². The number of anilines is 1. The summed E-state index contributed by atoms with van der Waals surface area (Å²) in [5, 5.41) is 12.7. The zero-order valence-electron chi connectivity index (χ0n) is 14.9. The van der Waals surface area contributed by atoms with Crippen molar-refractivity contribution in [2.24, 2.45) is 17.3 Å². The predicted octanol–water partition coefficient (Wildman–Crippen LogP) is 3.26. The molecule has 1 aliphatic carbocycles. The fraction of sp³-hybridized carbons (Fsp3) is 0.526. The second-order valence-electron chi connectivity index (χ2n) is 7.57. The van der Waals surface area contributed by atoms with Crippen molar-refractivity contribution in [2.75, 3.05) is 18.4 Å². The number of carbonyl (C=O) groups excluding carboxylic acids is 2. The zero-order chi connectivity index (χ0) is 19.1. The van der Waals surface area contributed by atoms with Crippen LogP contribution in [-0.2, 0) is 9.59 Å². The van der Waals surface area contributed by atoms with E-state index in [4.69, 9.17) is 11.6 Å². The highest BCUT2D eigenvalue weighted by molar-refractivity contribution is 6.34. The lowest BCUT2D eigenvalue weighted by Gasteiger charge is -2.23. The molecule has 1 aromatic rings. The first-order valence-electron chi connectivity index (χ1n) is 8.87. The van der Waals surface area contributed by atoms with Crippen LogP contribution >= 0.6 is 11.6 Å². The summed E-state index contributed by atoms with van der Waals surface area (Å²) in [6.45, 7) is 4.21. The SMILES string of the molecule is CC(C)C(=O)Nc1ccc(Cl)c(C(=O)N2C[C@@H]3CCC[C@@]3(C(=O)O)C2)c1. The van der Waals surface area contributed by atoms with Crippen LogP contribution < -0.4 is 5.32 Å². The number of carboxylic acids is 1. The van der Waals surface area contributed by atoms with Crippen LogP contribution in [0.15, 0.2) is 18.2 Å². The van der Waals surface area contributed by atoms with Crippen molar-refractivity contribution in [3.05, 3.63) is 28.8 Å². The number of hydrogen-bond donors (Lipinski definition) is 2. The largest absolute Gasteiger partial charge is 0.481 e. The number of hydrogen-bond acceptors (Lipinski definition) is 3. The fourth-order valence-corrected chi connectivity index (χ4v) is 4.22. The lowest BCUT2D eigenvalue weighted by Crippen LogP contribution is -2.37. The maximum absolute atomic E-state index is 13.0. The van der Waals surface area contributed by atoms with E-state index in [9.17, 15) is 19.5 Å². The highest BCUT2D eigenvalue weighted by atomic mass is 35.5.